The minimum atomic E-state index is -5.07. The SMILES string of the molecule is COc1ccc(C(O)(C[N+](=O)OC)C(F)(F)F)cn1. The largest absolute Gasteiger partial charge is 0.481 e. The first-order chi connectivity index (χ1) is 8.74. The van der Waals surface area contributed by atoms with Gasteiger partial charge in [-0.3, -0.25) is 0 Å². The van der Waals surface area contributed by atoms with Gasteiger partial charge in [-0.1, -0.05) is 0 Å². The number of pyridine rings is 1. The fraction of sp³-hybridized carbons (Fsp3) is 0.500. The van der Waals surface area contributed by atoms with Crippen molar-refractivity contribution in [3.05, 3.63) is 28.8 Å². The van der Waals surface area contributed by atoms with Crippen molar-refractivity contribution in [3.8, 4) is 5.88 Å². The predicted octanol–water partition coefficient (Wildman–Crippen LogP) is 1.18. The van der Waals surface area contributed by atoms with Gasteiger partial charge in [0.25, 0.3) is 12.1 Å². The van der Waals surface area contributed by atoms with Crippen LogP contribution in [-0.2, 0) is 10.4 Å². The molecule has 0 saturated heterocycles. The van der Waals surface area contributed by atoms with Crippen LogP contribution in [0.1, 0.15) is 5.56 Å². The van der Waals surface area contributed by atoms with E-state index in [4.69, 9.17) is 4.74 Å². The molecule has 0 aliphatic heterocycles. The Morgan fingerprint density at radius 3 is 2.37 bits per heavy atom. The lowest BCUT2D eigenvalue weighted by atomic mass is 9.95. The molecule has 0 aromatic carbocycles. The van der Waals surface area contributed by atoms with E-state index in [1.54, 1.807) is 0 Å². The Morgan fingerprint density at radius 2 is 2.00 bits per heavy atom. The average Bonchev–Trinajstić information content (AvgIpc) is 2.37. The summed E-state index contributed by atoms with van der Waals surface area (Å²) >= 11 is 0. The quantitative estimate of drug-likeness (QED) is 0.821. The number of alkyl halides is 3. The molecule has 19 heavy (non-hydrogen) atoms. The number of ether oxygens (including phenoxy) is 1. The van der Waals surface area contributed by atoms with Gasteiger partial charge in [0.1, 0.15) is 0 Å². The lowest BCUT2D eigenvalue weighted by Crippen LogP contribution is -2.48. The van der Waals surface area contributed by atoms with Crippen molar-refractivity contribution < 1.29 is 32.8 Å². The van der Waals surface area contributed by atoms with Crippen LogP contribution in [0, 0.1) is 4.91 Å². The highest BCUT2D eigenvalue weighted by molar-refractivity contribution is 5.25. The molecule has 0 bridgehead atoms. The van der Waals surface area contributed by atoms with Crippen LogP contribution in [-0.4, -0.2) is 42.0 Å². The van der Waals surface area contributed by atoms with Crippen LogP contribution in [0.15, 0.2) is 18.3 Å². The lowest BCUT2D eigenvalue weighted by molar-refractivity contribution is -0.806. The Balaban J connectivity index is 3.19. The van der Waals surface area contributed by atoms with E-state index in [0.29, 0.717) is 0 Å². The first-order valence-corrected chi connectivity index (χ1v) is 5.03. The van der Waals surface area contributed by atoms with Crippen molar-refractivity contribution in [2.24, 2.45) is 0 Å². The summed E-state index contributed by atoms with van der Waals surface area (Å²) in [6, 6.07) is 2.12. The van der Waals surface area contributed by atoms with Gasteiger partial charge in [0.2, 0.25) is 10.8 Å². The first kappa shape index (κ1) is 15.2. The number of hydrogen-bond acceptors (Lipinski definition) is 5. The highest BCUT2D eigenvalue weighted by atomic mass is 19.4. The minimum Gasteiger partial charge on any atom is -0.481 e. The molecule has 1 aromatic rings. The molecule has 106 valence electrons. The molecule has 1 heterocycles. The first-order valence-electron chi connectivity index (χ1n) is 5.03. The van der Waals surface area contributed by atoms with E-state index in [9.17, 15) is 23.2 Å². The monoisotopic (exact) mass is 281 g/mol. The Hall–Kier alpha value is -1.90. The zero-order chi connectivity index (χ0) is 14.7. The highest BCUT2D eigenvalue weighted by Gasteiger charge is 2.60. The van der Waals surface area contributed by atoms with Gasteiger partial charge in [-0.2, -0.15) is 13.2 Å². The standard InChI is InChI=1S/C10H12F3N2O4/c1-18-8-4-3-7(5-14-8)9(16,10(11,12)13)6-15(17)19-2/h3-5,16H,6H2,1-2H3/q+1. The van der Waals surface area contributed by atoms with Crippen molar-refractivity contribution in [2.75, 3.05) is 20.8 Å². The zero-order valence-corrected chi connectivity index (χ0v) is 10.1. The van der Waals surface area contributed by atoms with E-state index in [-0.39, 0.29) is 10.8 Å². The molecule has 1 aromatic heterocycles. The number of halogens is 3. The predicted molar refractivity (Wildman–Crippen MR) is 56.2 cm³/mol. The normalized spacial score (nSPS) is 14.6. The fourth-order valence-corrected chi connectivity index (χ4v) is 1.34. The summed E-state index contributed by atoms with van der Waals surface area (Å²) in [5.74, 6) is 0.0824. The van der Waals surface area contributed by atoms with Crippen LogP contribution in [0.3, 0.4) is 0 Å². The molecule has 0 radical (unpaired) electrons. The molecule has 1 rings (SSSR count). The van der Waals surface area contributed by atoms with Crippen LogP contribution in [0.4, 0.5) is 13.2 Å². The smallest absolute Gasteiger partial charge is 0.428 e. The van der Waals surface area contributed by atoms with Crippen LogP contribution >= 0.6 is 0 Å². The van der Waals surface area contributed by atoms with Gasteiger partial charge in [0.15, 0.2) is 7.11 Å². The van der Waals surface area contributed by atoms with E-state index in [1.807, 2.05) is 0 Å². The van der Waals surface area contributed by atoms with E-state index in [2.05, 4.69) is 9.82 Å². The maximum absolute atomic E-state index is 12.9. The fourth-order valence-electron chi connectivity index (χ4n) is 1.34. The summed E-state index contributed by atoms with van der Waals surface area (Å²) < 4.78 is 43.5. The molecule has 0 amide bonds. The van der Waals surface area contributed by atoms with Crippen molar-refractivity contribution in [1.29, 1.82) is 0 Å². The molecule has 1 atom stereocenters. The minimum absolute atomic E-state index is 0.0824. The van der Waals surface area contributed by atoms with Crippen molar-refractivity contribution >= 4 is 0 Å². The van der Waals surface area contributed by atoms with E-state index in [1.165, 1.54) is 7.11 Å². The summed E-state index contributed by atoms with van der Waals surface area (Å²) in [5.41, 5.74) is -3.97. The van der Waals surface area contributed by atoms with E-state index < -0.39 is 23.9 Å². The van der Waals surface area contributed by atoms with Gasteiger partial charge in [-0.15, -0.1) is 0 Å². The molecule has 0 aliphatic rings. The van der Waals surface area contributed by atoms with E-state index in [0.717, 1.165) is 25.4 Å². The van der Waals surface area contributed by atoms with E-state index >= 15 is 0 Å². The number of rotatable bonds is 5. The van der Waals surface area contributed by atoms with Crippen LogP contribution in [0.2, 0.25) is 0 Å². The molecular weight excluding hydrogens is 269 g/mol. The number of hydrogen-bond donors (Lipinski definition) is 1. The van der Waals surface area contributed by atoms with Gasteiger partial charge in [0.05, 0.1) is 12.0 Å². The number of methoxy groups -OCH3 is 1. The highest BCUT2D eigenvalue weighted by Crippen LogP contribution is 2.39. The number of aliphatic hydroxyl groups is 1. The van der Waals surface area contributed by atoms with Gasteiger partial charge in [-0.25, -0.2) is 9.82 Å². The molecule has 1 unspecified atom stereocenters. The second kappa shape index (κ2) is 5.39. The molecule has 0 fully saturated rings. The third-order valence-corrected chi connectivity index (χ3v) is 2.45. The van der Waals surface area contributed by atoms with Crippen LogP contribution < -0.4 is 4.74 Å². The van der Waals surface area contributed by atoms with Gasteiger partial charge >= 0.3 is 6.18 Å². The summed E-state index contributed by atoms with van der Waals surface area (Å²) in [5, 5.41) is 9.76. The lowest BCUT2D eigenvalue weighted by Gasteiger charge is -2.25. The second-order valence-corrected chi connectivity index (χ2v) is 3.62. The second-order valence-electron chi connectivity index (χ2n) is 3.62. The number of nitrogens with zero attached hydrogens (tertiary/aromatic N) is 2. The maximum atomic E-state index is 12.9. The molecule has 0 aliphatic carbocycles. The maximum Gasteiger partial charge on any atom is 0.428 e. The van der Waals surface area contributed by atoms with Crippen molar-refractivity contribution in [2.45, 2.75) is 11.8 Å². The van der Waals surface area contributed by atoms with Crippen LogP contribution in [0.25, 0.3) is 0 Å². The summed E-state index contributed by atoms with van der Waals surface area (Å²) in [4.78, 5) is 18.2. The molecular formula is C10H12F3N2O4+. The molecule has 9 heteroatoms. The summed E-state index contributed by atoms with van der Waals surface area (Å²) in [6.45, 7) is -1.33. The zero-order valence-electron chi connectivity index (χ0n) is 10.1. The Kier molecular flexibility index (Phi) is 4.30. The topological polar surface area (TPSA) is 71.7 Å². The Bertz CT molecular complexity index is 449. The number of aromatic nitrogens is 1. The average molecular weight is 281 g/mol. The van der Waals surface area contributed by atoms with Gasteiger partial charge in [0, 0.05) is 17.8 Å². The molecule has 6 nitrogen and oxygen atoms in total. The third kappa shape index (κ3) is 3.11. The third-order valence-electron chi connectivity index (χ3n) is 2.45. The summed E-state index contributed by atoms with van der Waals surface area (Å²) in [6.07, 6.45) is -4.28. The van der Waals surface area contributed by atoms with Crippen molar-refractivity contribution in [1.82, 2.24) is 4.98 Å². The molecule has 0 spiro atoms. The molecule has 0 saturated carbocycles. The van der Waals surface area contributed by atoms with Gasteiger partial charge < -0.3 is 9.84 Å². The Morgan fingerprint density at radius 1 is 1.37 bits per heavy atom. The Labute approximate surface area is 106 Å². The van der Waals surface area contributed by atoms with Crippen molar-refractivity contribution in [3.63, 3.8) is 0 Å². The van der Waals surface area contributed by atoms with Gasteiger partial charge in [-0.05, 0) is 6.07 Å². The summed E-state index contributed by atoms with van der Waals surface area (Å²) in [7, 11) is 2.19. The van der Waals surface area contributed by atoms with Crippen LogP contribution in [0.5, 0.6) is 5.88 Å². The molecule has 1 N–H and O–H groups in total.